The van der Waals surface area contributed by atoms with Crippen LogP contribution in [0.1, 0.15) is 32.6 Å². The third kappa shape index (κ3) is 6.64. The largest absolute Gasteiger partial charge is 0.491 e. The molecule has 124 valence electrons. The number of benzene rings is 1. The number of carbonyl (C=O) groups excluding carboxylic acids is 1. The number of nitrogens with two attached hydrogens (primary N) is 1. The summed E-state index contributed by atoms with van der Waals surface area (Å²) in [4.78, 5) is 11.8. The molecule has 0 bridgehead atoms. The Kier molecular flexibility index (Phi) is 8.24. The number of ether oxygens (including phenoxy) is 2. The Morgan fingerprint density at radius 3 is 3.05 bits per heavy atom. The van der Waals surface area contributed by atoms with Crippen molar-refractivity contribution in [2.45, 2.75) is 44.8 Å². The lowest BCUT2D eigenvalue weighted by molar-refractivity contribution is -0.116. The van der Waals surface area contributed by atoms with Gasteiger partial charge in [-0.3, -0.25) is 4.79 Å². The minimum absolute atomic E-state index is 0. The summed E-state index contributed by atoms with van der Waals surface area (Å²) in [5.74, 6) is 0.721. The van der Waals surface area contributed by atoms with Crippen LogP contribution in [0.15, 0.2) is 24.3 Å². The van der Waals surface area contributed by atoms with E-state index < -0.39 is 0 Å². The van der Waals surface area contributed by atoms with Gasteiger partial charge in [-0.25, -0.2) is 0 Å². The molecule has 2 unspecified atom stereocenters. The fraction of sp³-hybridized carbons (Fsp3) is 0.562. The van der Waals surface area contributed by atoms with Gasteiger partial charge in [0.25, 0.3) is 0 Å². The van der Waals surface area contributed by atoms with Crippen molar-refractivity contribution in [3.05, 3.63) is 24.3 Å². The lowest BCUT2D eigenvalue weighted by Crippen LogP contribution is -2.19. The highest BCUT2D eigenvalue weighted by Crippen LogP contribution is 2.20. The molecule has 1 aliphatic rings. The van der Waals surface area contributed by atoms with E-state index in [1.165, 1.54) is 0 Å². The lowest BCUT2D eigenvalue weighted by Gasteiger charge is -2.12. The van der Waals surface area contributed by atoms with Gasteiger partial charge >= 0.3 is 0 Å². The molecular formula is C16H25ClN2O3. The van der Waals surface area contributed by atoms with Gasteiger partial charge in [-0.1, -0.05) is 6.07 Å². The third-order valence-corrected chi connectivity index (χ3v) is 3.40. The standard InChI is InChI=1S/C16H24N2O3.ClH/c1-12(17)7-8-16(19)18-13-4-2-5-14(10-13)21-11-15-6-3-9-20-15;/h2,4-5,10,12,15H,3,6-9,11,17H2,1H3,(H,18,19);1H. The van der Waals surface area contributed by atoms with E-state index in [1.54, 1.807) is 0 Å². The van der Waals surface area contributed by atoms with Crippen LogP contribution in [0.5, 0.6) is 5.75 Å². The van der Waals surface area contributed by atoms with E-state index in [-0.39, 0.29) is 30.5 Å². The minimum Gasteiger partial charge on any atom is -0.491 e. The summed E-state index contributed by atoms with van der Waals surface area (Å²) < 4.78 is 11.2. The summed E-state index contributed by atoms with van der Waals surface area (Å²) in [6, 6.07) is 7.47. The molecule has 1 aromatic rings. The first kappa shape index (κ1) is 18.7. The summed E-state index contributed by atoms with van der Waals surface area (Å²) >= 11 is 0. The summed E-state index contributed by atoms with van der Waals surface area (Å²) in [6.07, 6.45) is 3.45. The molecule has 1 heterocycles. The predicted octanol–water partition coefficient (Wildman–Crippen LogP) is 2.73. The summed E-state index contributed by atoms with van der Waals surface area (Å²) in [5.41, 5.74) is 6.39. The van der Waals surface area contributed by atoms with Crippen molar-refractivity contribution in [1.29, 1.82) is 0 Å². The number of hydrogen-bond acceptors (Lipinski definition) is 4. The van der Waals surface area contributed by atoms with E-state index in [0.29, 0.717) is 19.4 Å². The van der Waals surface area contributed by atoms with Crippen LogP contribution in [-0.4, -0.2) is 31.3 Å². The summed E-state index contributed by atoms with van der Waals surface area (Å²) in [7, 11) is 0. The van der Waals surface area contributed by atoms with Crippen LogP contribution in [0.4, 0.5) is 5.69 Å². The minimum atomic E-state index is -0.0245. The van der Waals surface area contributed by atoms with Gasteiger partial charge in [0.05, 0.1) is 6.10 Å². The quantitative estimate of drug-likeness (QED) is 0.807. The zero-order valence-corrected chi connectivity index (χ0v) is 13.7. The molecule has 1 fully saturated rings. The molecule has 22 heavy (non-hydrogen) atoms. The van der Waals surface area contributed by atoms with E-state index >= 15 is 0 Å². The van der Waals surface area contributed by atoms with Gasteiger partial charge < -0.3 is 20.5 Å². The number of nitrogens with one attached hydrogen (secondary N) is 1. The van der Waals surface area contributed by atoms with E-state index in [1.807, 2.05) is 31.2 Å². The first-order valence-corrected chi connectivity index (χ1v) is 7.53. The molecule has 2 rings (SSSR count). The molecule has 0 saturated carbocycles. The van der Waals surface area contributed by atoms with Crippen molar-refractivity contribution in [2.75, 3.05) is 18.5 Å². The molecule has 6 heteroatoms. The van der Waals surface area contributed by atoms with Gasteiger partial charge in [0.2, 0.25) is 5.91 Å². The average molecular weight is 329 g/mol. The molecule has 3 N–H and O–H groups in total. The Bertz CT molecular complexity index is 462. The number of hydrogen-bond donors (Lipinski definition) is 2. The number of halogens is 1. The maximum atomic E-state index is 11.8. The Morgan fingerprint density at radius 2 is 2.36 bits per heavy atom. The van der Waals surface area contributed by atoms with Crippen LogP contribution < -0.4 is 15.8 Å². The number of anilines is 1. The normalized spacial score (nSPS) is 18.4. The average Bonchev–Trinajstić information content (AvgIpc) is 2.97. The highest BCUT2D eigenvalue weighted by molar-refractivity contribution is 5.90. The van der Waals surface area contributed by atoms with E-state index in [9.17, 15) is 4.79 Å². The molecular weight excluding hydrogens is 304 g/mol. The van der Waals surface area contributed by atoms with Crippen molar-refractivity contribution in [3.63, 3.8) is 0 Å². The lowest BCUT2D eigenvalue weighted by atomic mass is 10.2. The second-order valence-electron chi connectivity index (χ2n) is 5.54. The zero-order valence-electron chi connectivity index (χ0n) is 12.9. The molecule has 1 amide bonds. The molecule has 2 atom stereocenters. The summed E-state index contributed by atoms with van der Waals surface area (Å²) in [5, 5.41) is 2.86. The monoisotopic (exact) mass is 328 g/mol. The maximum absolute atomic E-state index is 11.8. The molecule has 0 aromatic heterocycles. The topological polar surface area (TPSA) is 73.6 Å². The molecule has 0 aliphatic carbocycles. The Balaban J connectivity index is 0.00000242. The fourth-order valence-corrected chi connectivity index (χ4v) is 2.21. The smallest absolute Gasteiger partial charge is 0.224 e. The Labute approximate surface area is 138 Å². The molecule has 0 spiro atoms. The Morgan fingerprint density at radius 1 is 1.55 bits per heavy atom. The van der Waals surface area contributed by atoms with Gasteiger partial charge in [0.1, 0.15) is 12.4 Å². The predicted molar refractivity (Wildman–Crippen MR) is 89.7 cm³/mol. The van der Waals surface area contributed by atoms with Crippen LogP contribution in [0, 0.1) is 0 Å². The van der Waals surface area contributed by atoms with Crippen molar-refractivity contribution in [3.8, 4) is 5.75 Å². The van der Waals surface area contributed by atoms with Crippen molar-refractivity contribution < 1.29 is 14.3 Å². The van der Waals surface area contributed by atoms with Crippen molar-refractivity contribution in [2.24, 2.45) is 5.73 Å². The zero-order chi connectivity index (χ0) is 15.1. The highest BCUT2D eigenvalue weighted by atomic mass is 35.5. The molecule has 0 radical (unpaired) electrons. The van der Waals surface area contributed by atoms with Crippen LogP contribution >= 0.6 is 12.4 Å². The molecule has 1 aromatic carbocycles. The van der Waals surface area contributed by atoms with Gasteiger partial charge in [0, 0.05) is 30.8 Å². The maximum Gasteiger partial charge on any atom is 0.224 e. The van der Waals surface area contributed by atoms with Crippen LogP contribution in [-0.2, 0) is 9.53 Å². The first-order valence-electron chi connectivity index (χ1n) is 7.53. The van der Waals surface area contributed by atoms with Crippen molar-refractivity contribution in [1.82, 2.24) is 0 Å². The van der Waals surface area contributed by atoms with Crippen LogP contribution in [0.3, 0.4) is 0 Å². The first-order chi connectivity index (χ1) is 10.1. The van der Waals surface area contributed by atoms with Crippen LogP contribution in [0.2, 0.25) is 0 Å². The number of amides is 1. The van der Waals surface area contributed by atoms with Gasteiger partial charge in [0.15, 0.2) is 0 Å². The van der Waals surface area contributed by atoms with E-state index in [4.69, 9.17) is 15.2 Å². The molecule has 1 aliphatic heterocycles. The molecule has 1 saturated heterocycles. The van der Waals surface area contributed by atoms with Crippen molar-refractivity contribution >= 4 is 24.0 Å². The SMILES string of the molecule is CC(N)CCC(=O)Nc1cccc(OCC2CCCO2)c1.Cl. The van der Waals surface area contributed by atoms with E-state index in [0.717, 1.165) is 30.9 Å². The third-order valence-electron chi connectivity index (χ3n) is 3.40. The van der Waals surface area contributed by atoms with Gasteiger partial charge in [-0.15, -0.1) is 12.4 Å². The molecule has 5 nitrogen and oxygen atoms in total. The number of rotatable bonds is 7. The second kappa shape index (κ2) is 9.66. The van der Waals surface area contributed by atoms with Gasteiger partial charge in [-0.05, 0) is 38.3 Å². The van der Waals surface area contributed by atoms with Crippen LogP contribution in [0.25, 0.3) is 0 Å². The van der Waals surface area contributed by atoms with E-state index in [2.05, 4.69) is 5.32 Å². The second-order valence-corrected chi connectivity index (χ2v) is 5.54. The summed E-state index contributed by atoms with van der Waals surface area (Å²) in [6.45, 7) is 3.28. The highest BCUT2D eigenvalue weighted by Gasteiger charge is 2.16. The van der Waals surface area contributed by atoms with Gasteiger partial charge in [-0.2, -0.15) is 0 Å². The number of carbonyl (C=O) groups is 1. The Hall–Kier alpha value is -1.30. The fourth-order valence-electron chi connectivity index (χ4n) is 2.21.